The van der Waals surface area contributed by atoms with Crippen LogP contribution in [0.2, 0.25) is 5.02 Å². The molecule has 1 aromatic heterocycles. The van der Waals surface area contributed by atoms with Crippen LogP contribution in [0.25, 0.3) is 0 Å². The van der Waals surface area contributed by atoms with Gasteiger partial charge >= 0.3 is 0 Å². The first-order valence-corrected chi connectivity index (χ1v) is 8.80. The lowest BCUT2D eigenvalue weighted by Crippen LogP contribution is -2.14. The Hall–Kier alpha value is -2.19. The molecule has 0 bridgehead atoms. The van der Waals surface area contributed by atoms with Gasteiger partial charge in [-0.3, -0.25) is 9.59 Å². The van der Waals surface area contributed by atoms with Crippen LogP contribution in [0.1, 0.15) is 26.5 Å². The summed E-state index contributed by atoms with van der Waals surface area (Å²) >= 11 is 7.97. The fourth-order valence-electron chi connectivity index (χ4n) is 2.29. The number of aromatic nitrogens is 2. The Labute approximate surface area is 163 Å². The zero-order chi connectivity index (χ0) is 18.0. The predicted molar refractivity (Wildman–Crippen MR) is 105 cm³/mol. The van der Waals surface area contributed by atoms with Crippen LogP contribution >= 0.6 is 34.2 Å². The third kappa shape index (κ3) is 3.91. The van der Waals surface area contributed by atoms with Gasteiger partial charge in [0.05, 0.1) is 5.56 Å². The Morgan fingerprint density at radius 3 is 2.48 bits per heavy atom. The van der Waals surface area contributed by atoms with E-state index in [0.717, 1.165) is 3.57 Å². The van der Waals surface area contributed by atoms with Crippen molar-refractivity contribution in [2.24, 2.45) is 7.05 Å². The fraction of sp³-hybridized carbons (Fsp3) is 0.0556. The number of halogens is 2. The van der Waals surface area contributed by atoms with Crippen LogP contribution in [0.5, 0.6) is 0 Å². The minimum Gasteiger partial charge on any atom is -0.331 e. The van der Waals surface area contributed by atoms with E-state index in [-0.39, 0.29) is 11.7 Å². The van der Waals surface area contributed by atoms with E-state index >= 15 is 0 Å². The summed E-state index contributed by atoms with van der Waals surface area (Å²) in [6.45, 7) is 0. The van der Waals surface area contributed by atoms with Crippen molar-refractivity contribution in [2.45, 2.75) is 0 Å². The van der Waals surface area contributed by atoms with Gasteiger partial charge in [0.1, 0.15) is 0 Å². The molecule has 0 aliphatic carbocycles. The van der Waals surface area contributed by atoms with E-state index in [2.05, 4.69) is 32.9 Å². The van der Waals surface area contributed by atoms with Gasteiger partial charge in [0, 0.05) is 39.3 Å². The van der Waals surface area contributed by atoms with E-state index in [1.54, 1.807) is 66.5 Å². The van der Waals surface area contributed by atoms with Gasteiger partial charge in [-0.2, -0.15) is 0 Å². The molecule has 0 unspecified atom stereocenters. The summed E-state index contributed by atoms with van der Waals surface area (Å²) in [5.74, 6) is -0.0330. The van der Waals surface area contributed by atoms with Gasteiger partial charge in [0.25, 0.3) is 5.91 Å². The summed E-state index contributed by atoms with van der Waals surface area (Å²) in [6, 6.07) is 11.8. The highest BCUT2D eigenvalue weighted by Crippen LogP contribution is 2.20. The van der Waals surface area contributed by atoms with Gasteiger partial charge < -0.3 is 9.88 Å². The number of rotatable bonds is 4. The van der Waals surface area contributed by atoms with Crippen molar-refractivity contribution in [2.75, 3.05) is 5.32 Å². The molecule has 1 amide bonds. The van der Waals surface area contributed by atoms with Crippen molar-refractivity contribution in [3.8, 4) is 0 Å². The van der Waals surface area contributed by atoms with Gasteiger partial charge in [-0.05, 0) is 65.1 Å². The second-order valence-electron chi connectivity index (χ2n) is 5.35. The average Bonchev–Trinajstić information content (AvgIpc) is 3.00. The zero-order valence-electron chi connectivity index (χ0n) is 13.2. The topological polar surface area (TPSA) is 64.0 Å². The number of nitrogens with zero attached hydrogens (tertiary/aromatic N) is 2. The number of benzene rings is 2. The number of anilines is 1. The van der Waals surface area contributed by atoms with Crippen LogP contribution in [0.15, 0.2) is 54.9 Å². The molecule has 1 N–H and O–H groups in total. The lowest BCUT2D eigenvalue weighted by atomic mass is 10.1. The normalized spacial score (nSPS) is 10.5. The smallest absolute Gasteiger partial charge is 0.256 e. The molecule has 5 nitrogen and oxygen atoms in total. The van der Waals surface area contributed by atoms with E-state index in [1.165, 1.54) is 0 Å². The molecule has 1 heterocycles. The van der Waals surface area contributed by atoms with Gasteiger partial charge in [-0.15, -0.1) is 0 Å². The number of carbonyl (C=O) groups excluding carboxylic acids is 2. The lowest BCUT2D eigenvalue weighted by Gasteiger charge is -2.08. The molecule has 0 saturated carbocycles. The van der Waals surface area contributed by atoms with Crippen molar-refractivity contribution >= 4 is 51.6 Å². The summed E-state index contributed by atoms with van der Waals surface area (Å²) < 4.78 is 2.43. The second-order valence-corrected chi connectivity index (χ2v) is 6.95. The molecule has 25 heavy (non-hydrogen) atoms. The van der Waals surface area contributed by atoms with Crippen LogP contribution in [0, 0.1) is 3.57 Å². The number of amides is 1. The molecule has 7 heteroatoms. The standard InChI is InChI=1S/C18H13ClIN3O2/c1-23-9-8-21-17(23)16(24)11-2-5-13(6-3-11)22-18(25)14-7-4-12(19)10-15(14)20/h2-10H,1H3,(H,22,25). The molecule has 0 aliphatic rings. The van der Waals surface area contributed by atoms with Gasteiger partial charge in [0.2, 0.25) is 5.78 Å². The van der Waals surface area contributed by atoms with E-state index in [9.17, 15) is 9.59 Å². The highest BCUT2D eigenvalue weighted by atomic mass is 127. The Morgan fingerprint density at radius 1 is 1.16 bits per heavy atom. The molecule has 0 aliphatic heterocycles. The SMILES string of the molecule is Cn1ccnc1C(=O)c1ccc(NC(=O)c2ccc(Cl)cc2I)cc1. The van der Waals surface area contributed by atoms with Gasteiger partial charge in [-0.25, -0.2) is 4.98 Å². The highest BCUT2D eigenvalue weighted by molar-refractivity contribution is 14.1. The van der Waals surface area contributed by atoms with Crippen molar-refractivity contribution < 1.29 is 9.59 Å². The molecule has 3 aromatic rings. The Balaban J connectivity index is 1.75. The van der Waals surface area contributed by atoms with E-state index in [4.69, 9.17) is 11.6 Å². The van der Waals surface area contributed by atoms with Gasteiger partial charge in [0.15, 0.2) is 5.82 Å². The Bertz CT molecular complexity index is 951. The zero-order valence-corrected chi connectivity index (χ0v) is 16.1. The minimum atomic E-state index is -0.232. The Kier molecular flexibility index (Phi) is 5.19. The molecule has 0 radical (unpaired) electrons. The number of carbonyl (C=O) groups is 2. The first kappa shape index (κ1) is 17.6. The molecular formula is C18H13ClIN3O2. The first-order valence-electron chi connectivity index (χ1n) is 7.34. The summed E-state index contributed by atoms with van der Waals surface area (Å²) in [5, 5.41) is 3.39. The maximum atomic E-state index is 12.4. The first-order chi connectivity index (χ1) is 12.0. The monoisotopic (exact) mass is 465 g/mol. The number of aryl methyl sites for hydroxylation is 1. The van der Waals surface area contributed by atoms with Crippen LogP contribution < -0.4 is 5.32 Å². The maximum absolute atomic E-state index is 12.4. The predicted octanol–water partition coefficient (Wildman–Crippen LogP) is 4.16. The summed E-state index contributed by atoms with van der Waals surface area (Å²) in [5.41, 5.74) is 1.65. The molecule has 126 valence electrons. The summed E-state index contributed by atoms with van der Waals surface area (Å²) in [7, 11) is 1.77. The highest BCUT2D eigenvalue weighted by Gasteiger charge is 2.14. The quantitative estimate of drug-likeness (QED) is 0.465. The van der Waals surface area contributed by atoms with Crippen LogP contribution in [0.3, 0.4) is 0 Å². The molecule has 0 saturated heterocycles. The largest absolute Gasteiger partial charge is 0.331 e. The molecule has 0 fully saturated rings. The van der Waals surface area contributed by atoms with E-state index in [0.29, 0.717) is 27.7 Å². The van der Waals surface area contributed by atoms with Gasteiger partial charge in [-0.1, -0.05) is 11.6 Å². The fourth-order valence-corrected chi connectivity index (χ4v) is 3.41. The molecule has 0 atom stereocenters. The molecule has 2 aromatic carbocycles. The molecule has 3 rings (SSSR count). The van der Waals surface area contributed by atoms with E-state index in [1.807, 2.05) is 0 Å². The molecular weight excluding hydrogens is 453 g/mol. The van der Waals surface area contributed by atoms with Crippen LogP contribution in [-0.4, -0.2) is 21.2 Å². The van der Waals surface area contributed by atoms with Crippen molar-refractivity contribution in [1.82, 2.24) is 9.55 Å². The second kappa shape index (κ2) is 7.37. The number of nitrogens with one attached hydrogen (secondary N) is 1. The third-order valence-corrected chi connectivity index (χ3v) is 4.73. The minimum absolute atomic E-state index is 0.169. The number of ketones is 1. The van der Waals surface area contributed by atoms with Crippen molar-refractivity contribution in [3.63, 3.8) is 0 Å². The summed E-state index contributed by atoms with van der Waals surface area (Å²) in [6.07, 6.45) is 3.30. The van der Waals surface area contributed by atoms with Crippen LogP contribution in [-0.2, 0) is 7.05 Å². The maximum Gasteiger partial charge on any atom is 0.256 e. The number of hydrogen-bond donors (Lipinski definition) is 1. The summed E-state index contributed by atoms with van der Waals surface area (Å²) in [4.78, 5) is 28.8. The van der Waals surface area contributed by atoms with E-state index < -0.39 is 0 Å². The van der Waals surface area contributed by atoms with Crippen molar-refractivity contribution in [1.29, 1.82) is 0 Å². The molecule has 0 spiro atoms. The van der Waals surface area contributed by atoms with Crippen molar-refractivity contribution in [3.05, 3.63) is 80.4 Å². The number of hydrogen-bond acceptors (Lipinski definition) is 3. The third-order valence-electron chi connectivity index (χ3n) is 3.60. The lowest BCUT2D eigenvalue weighted by molar-refractivity contribution is 0.101. The number of imidazole rings is 1. The van der Waals surface area contributed by atoms with Crippen LogP contribution in [0.4, 0.5) is 5.69 Å². The Morgan fingerprint density at radius 2 is 1.88 bits per heavy atom. The average molecular weight is 466 g/mol.